The van der Waals surface area contributed by atoms with Crippen molar-refractivity contribution >= 4 is 21.4 Å². The molecule has 2 N–H and O–H groups in total. The maximum atomic E-state index is 12.3. The molecule has 1 aliphatic carbocycles. The largest absolute Gasteiger partial charge is 0.380 e. The van der Waals surface area contributed by atoms with Gasteiger partial charge >= 0.3 is 0 Å². The predicted molar refractivity (Wildman–Crippen MR) is 79.8 cm³/mol. The lowest BCUT2D eigenvalue weighted by Gasteiger charge is -2.10. The van der Waals surface area contributed by atoms with Crippen LogP contribution in [0.15, 0.2) is 23.1 Å². The van der Waals surface area contributed by atoms with Crippen molar-refractivity contribution < 1.29 is 13.3 Å². The molecule has 0 saturated heterocycles. The first-order valence-corrected chi connectivity index (χ1v) is 8.20. The number of rotatable bonds is 6. The highest BCUT2D eigenvalue weighted by atomic mass is 32.2. The van der Waals surface area contributed by atoms with Gasteiger partial charge in [0.05, 0.1) is 9.82 Å². The summed E-state index contributed by atoms with van der Waals surface area (Å²) < 4.78 is 27.1. The van der Waals surface area contributed by atoms with Gasteiger partial charge in [-0.15, -0.1) is 0 Å². The summed E-state index contributed by atoms with van der Waals surface area (Å²) in [5, 5.41) is 13.9. The third-order valence-electron chi connectivity index (χ3n) is 3.65. The summed E-state index contributed by atoms with van der Waals surface area (Å²) in [6.07, 6.45) is 0.768. The minimum absolute atomic E-state index is 0.0529. The van der Waals surface area contributed by atoms with Crippen LogP contribution in [0, 0.1) is 15.5 Å². The van der Waals surface area contributed by atoms with Crippen molar-refractivity contribution in [1.82, 2.24) is 4.72 Å². The summed E-state index contributed by atoms with van der Waals surface area (Å²) in [7, 11) is -3.74. The van der Waals surface area contributed by atoms with E-state index in [1.54, 1.807) is 0 Å². The molecule has 0 amide bonds. The molecule has 0 aromatic heterocycles. The highest BCUT2D eigenvalue weighted by Crippen LogP contribution is 2.45. The van der Waals surface area contributed by atoms with Gasteiger partial charge in [-0.1, -0.05) is 13.8 Å². The second-order valence-corrected chi connectivity index (χ2v) is 7.55. The molecular formula is C13H19N3O4S. The molecule has 1 aromatic rings. The van der Waals surface area contributed by atoms with Gasteiger partial charge in [-0.05, 0) is 30.9 Å². The lowest BCUT2D eigenvalue weighted by atomic mass is 10.2. The van der Waals surface area contributed by atoms with Gasteiger partial charge in [0, 0.05) is 18.7 Å². The molecular weight excluding hydrogens is 294 g/mol. The van der Waals surface area contributed by atoms with E-state index in [1.165, 1.54) is 12.1 Å². The van der Waals surface area contributed by atoms with Gasteiger partial charge in [0.2, 0.25) is 10.0 Å². The lowest BCUT2D eigenvalue weighted by Crippen LogP contribution is -2.28. The Balaban J connectivity index is 2.31. The molecule has 0 bridgehead atoms. The second-order valence-electron chi connectivity index (χ2n) is 5.83. The first kappa shape index (κ1) is 15.7. The number of hydrogen-bond acceptors (Lipinski definition) is 5. The Hall–Kier alpha value is -1.67. The average Bonchev–Trinajstić information content (AvgIpc) is 2.95. The number of anilines is 1. The number of nitrogens with one attached hydrogen (secondary N) is 2. The maximum Gasteiger partial charge on any atom is 0.293 e. The zero-order valence-corrected chi connectivity index (χ0v) is 13.0. The molecule has 1 aliphatic rings. The van der Waals surface area contributed by atoms with E-state index in [0.717, 1.165) is 12.5 Å². The quantitative estimate of drug-likeness (QED) is 0.618. The van der Waals surface area contributed by atoms with E-state index in [1.807, 2.05) is 20.8 Å². The van der Waals surface area contributed by atoms with Crippen LogP contribution >= 0.6 is 0 Å². The zero-order chi connectivity index (χ0) is 15.8. The molecule has 0 radical (unpaired) electrons. The highest BCUT2D eigenvalue weighted by Gasteiger charge is 2.48. The number of nitrogens with zero attached hydrogens (tertiary/aromatic N) is 1. The van der Waals surface area contributed by atoms with Crippen LogP contribution in [0.3, 0.4) is 0 Å². The molecule has 1 aromatic carbocycles. The second kappa shape index (κ2) is 5.27. The fraction of sp³-hybridized carbons (Fsp3) is 0.538. The summed E-state index contributed by atoms with van der Waals surface area (Å²) in [4.78, 5) is 10.4. The van der Waals surface area contributed by atoms with Crippen molar-refractivity contribution in [3.05, 3.63) is 28.3 Å². The number of sulfonamides is 1. The van der Waals surface area contributed by atoms with E-state index >= 15 is 0 Å². The van der Waals surface area contributed by atoms with Crippen LogP contribution in [0.25, 0.3) is 0 Å². The molecule has 1 fully saturated rings. The third-order valence-corrected chi connectivity index (χ3v) is 5.12. The van der Waals surface area contributed by atoms with E-state index in [4.69, 9.17) is 0 Å². The average molecular weight is 313 g/mol. The summed E-state index contributed by atoms with van der Waals surface area (Å²) in [6.45, 7) is 6.26. The molecule has 8 heteroatoms. The fourth-order valence-electron chi connectivity index (χ4n) is 2.09. The van der Waals surface area contributed by atoms with E-state index in [-0.39, 0.29) is 22.0 Å². The molecule has 7 nitrogen and oxygen atoms in total. The Morgan fingerprint density at radius 3 is 2.52 bits per heavy atom. The molecule has 1 saturated carbocycles. The van der Waals surface area contributed by atoms with Crippen LogP contribution in [0.1, 0.15) is 27.2 Å². The van der Waals surface area contributed by atoms with Gasteiger partial charge in [0.25, 0.3) is 5.69 Å². The van der Waals surface area contributed by atoms with Crippen molar-refractivity contribution in [2.75, 3.05) is 11.9 Å². The Bertz CT molecular complexity index is 670. The van der Waals surface area contributed by atoms with E-state index in [2.05, 4.69) is 10.0 Å². The van der Waals surface area contributed by atoms with Crippen LogP contribution in [-0.4, -0.2) is 25.9 Å². The highest BCUT2D eigenvalue weighted by molar-refractivity contribution is 7.89. The van der Waals surface area contributed by atoms with Gasteiger partial charge in [-0.2, -0.15) is 0 Å². The van der Waals surface area contributed by atoms with Crippen molar-refractivity contribution in [3.8, 4) is 0 Å². The molecule has 0 heterocycles. The van der Waals surface area contributed by atoms with Crippen molar-refractivity contribution in [1.29, 1.82) is 0 Å². The van der Waals surface area contributed by atoms with Gasteiger partial charge in [0.1, 0.15) is 5.69 Å². The van der Waals surface area contributed by atoms with E-state index < -0.39 is 14.9 Å². The first-order chi connectivity index (χ1) is 9.67. The van der Waals surface area contributed by atoms with Crippen molar-refractivity contribution in [2.24, 2.45) is 5.41 Å². The van der Waals surface area contributed by atoms with E-state index in [0.29, 0.717) is 12.2 Å². The number of hydrogen-bond donors (Lipinski definition) is 2. The normalized spacial score (nSPS) is 20.0. The Labute approximate surface area is 123 Å². The minimum Gasteiger partial charge on any atom is -0.380 e. The standard InChI is InChI=1S/C13H19N3O4S/c1-4-14-10-6-5-9(7-11(10)16(17)18)21(19,20)15-12-8-13(12,2)3/h5-7,12,14-15H,4,8H2,1-3H3. The summed E-state index contributed by atoms with van der Waals surface area (Å²) in [5.41, 5.74) is 0.0193. The Morgan fingerprint density at radius 2 is 2.05 bits per heavy atom. The van der Waals surface area contributed by atoms with Crippen LogP contribution in [0.5, 0.6) is 0 Å². The fourth-order valence-corrected chi connectivity index (χ4v) is 3.52. The van der Waals surface area contributed by atoms with Gasteiger partial charge in [-0.25, -0.2) is 13.1 Å². The van der Waals surface area contributed by atoms with Crippen molar-refractivity contribution in [2.45, 2.75) is 38.1 Å². The summed E-state index contributed by atoms with van der Waals surface area (Å²) >= 11 is 0. The van der Waals surface area contributed by atoms with E-state index in [9.17, 15) is 18.5 Å². The monoisotopic (exact) mass is 313 g/mol. The van der Waals surface area contributed by atoms with Gasteiger partial charge in [0.15, 0.2) is 0 Å². The first-order valence-electron chi connectivity index (χ1n) is 6.72. The number of nitro groups is 1. The number of nitro benzene ring substituents is 1. The number of benzene rings is 1. The van der Waals surface area contributed by atoms with Crippen LogP contribution in [0.4, 0.5) is 11.4 Å². The van der Waals surface area contributed by atoms with Crippen LogP contribution in [-0.2, 0) is 10.0 Å². The Morgan fingerprint density at radius 1 is 1.43 bits per heavy atom. The van der Waals surface area contributed by atoms with Gasteiger partial charge in [-0.3, -0.25) is 10.1 Å². The molecule has 21 heavy (non-hydrogen) atoms. The maximum absolute atomic E-state index is 12.3. The minimum atomic E-state index is -3.74. The molecule has 1 atom stereocenters. The molecule has 0 aliphatic heterocycles. The molecule has 0 spiro atoms. The molecule has 1 unspecified atom stereocenters. The smallest absolute Gasteiger partial charge is 0.293 e. The molecule has 2 rings (SSSR count). The zero-order valence-electron chi connectivity index (χ0n) is 12.2. The summed E-state index contributed by atoms with van der Waals surface area (Å²) in [6, 6.07) is 3.78. The van der Waals surface area contributed by atoms with Crippen molar-refractivity contribution in [3.63, 3.8) is 0 Å². The SMILES string of the molecule is CCNc1ccc(S(=O)(=O)NC2CC2(C)C)cc1[N+](=O)[O-]. The van der Waals surface area contributed by atoms with Crippen LogP contribution in [0.2, 0.25) is 0 Å². The van der Waals surface area contributed by atoms with Crippen LogP contribution < -0.4 is 10.0 Å². The lowest BCUT2D eigenvalue weighted by molar-refractivity contribution is -0.384. The van der Waals surface area contributed by atoms with Gasteiger partial charge < -0.3 is 5.32 Å². The Kier molecular flexibility index (Phi) is 3.94. The third kappa shape index (κ3) is 3.33. The predicted octanol–water partition coefficient (Wildman–Crippen LogP) is 2.10. The molecule has 116 valence electrons. The topological polar surface area (TPSA) is 101 Å². The summed E-state index contributed by atoms with van der Waals surface area (Å²) in [5.74, 6) is 0.